The van der Waals surface area contributed by atoms with Gasteiger partial charge in [0.2, 0.25) is 5.91 Å². The van der Waals surface area contributed by atoms with Gasteiger partial charge in [-0.3, -0.25) is 9.69 Å². The van der Waals surface area contributed by atoms with Crippen molar-refractivity contribution in [3.05, 3.63) is 40.0 Å². The minimum Gasteiger partial charge on any atom is -0.323 e. The van der Waals surface area contributed by atoms with Crippen LogP contribution in [0.4, 0.5) is 5.69 Å². The molecular formula is C14H17IN2O. The molecule has 0 bridgehead atoms. The largest absolute Gasteiger partial charge is 0.323 e. The summed E-state index contributed by atoms with van der Waals surface area (Å²) in [5, 5.41) is 2.86. The number of rotatable bonds is 3. The lowest BCUT2D eigenvalue weighted by Gasteiger charge is -2.14. The summed E-state index contributed by atoms with van der Waals surface area (Å²) in [5.41, 5.74) is 0.838. The average Bonchev–Trinajstić information content (AvgIpc) is 2.75. The van der Waals surface area contributed by atoms with E-state index in [2.05, 4.69) is 39.9 Å². The Bertz CT molecular complexity index is 442. The molecule has 0 aliphatic carbocycles. The molecule has 1 aliphatic rings. The van der Waals surface area contributed by atoms with E-state index in [-0.39, 0.29) is 5.91 Å². The molecule has 3 nitrogen and oxygen atoms in total. The van der Waals surface area contributed by atoms with Crippen molar-refractivity contribution in [3.63, 3.8) is 0 Å². The van der Waals surface area contributed by atoms with Crippen molar-refractivity contribution < 1.29 is 4.79 Å². The highest BCUT2D eigenvalue weighted by Crippen LogP contribution is 2.16. The highest BCUT2D eigenvalue weighted by atomic mass is 127. The summed E-state index contributed by atoms with van der Waals surface area (Å²) in [6.45, 7) is 1.12. The Hall–Kier alpha value is -0.880. The smallest absolute Gasteiger partial charge is 0.248 e. The van der Waals surface area contributed by atoms with Crippen LogP contribution >= 0.6 is 22.6 Å². The lowest BCUT2D eigenvalue weighted by atomic mass is 10.2. The standard InChI is InChI=1S/C14H17IN2O/c1-17-10-2-3-13(17)8-9-14(18)16-12-6-4-11(15)5-7-12/h4-9,13H,2-3,10H2,1H3,(H,16,18)/b9-8+/t13-/m1/s1. The van der Waals surface area contributed by atoms with Crippen molar-refractivity contribution in [2.75, 3.05) is 18.9 Å². The van der Waals surface area contributed by atoms with Gasteiger partial charge in [0.05, 0.1) is 0 Å². The Kier molecular flexibility index (Phi) is 4.77. The molecule has 1 atom stereocenters. The monoisotopic (exact) mass is 356 g/mol. The number of carbonyl (C=O) groups is 1. The number of likely N-dealkylation sites (tertiary alicyclic amines) is 1. The summed E-state index contributed by atoms with van der Waals surface area (Å²) in [7, 11) is 2.10. The molecule has 0 aromatic heterocycles. The first-order valence-electron chi connectivity index (χ1n) is 6.10. The Morgan fingerprint density at radius 1 is 1.44 bits per heavy atom. The van der Waals surface area contributed by atoms with Gasteiger partial charge in [-0.05, 0) is 73.3 Å². The topological polar surface area (TPSA) is 32.3 Å². The van der Waals surface area contributed by atoms with Crippen LogP contribution in [0.5, 0.6) is 0 Å². The number of likely N-dealkylation sites (N-methyl/N-ethyl adjacent to an activating group) is 1. The van der Waals surface area contributed by atoms with E-state index in [1.165, 1.54) is 6.42 Å². The van der Waals surface area contributed by atoms with Gasteiger partial charge in [-0.1, -0.05) is 6.08 Å². The van der Waals surface area contributed by atoms with E-state index in [0.29, 0.717) is 6.04 Å². The Balaban J connectivity index is 1.88. The normalized spacial score (nSPS) is 20.4. The molecule has 2 rings (SSSR count). The highest BCUT2D eigenvalue weighted by Gasteiger charge is 2.17. The van der Waals surface area contributed by atoms with Gasteiger partial charge in [-0.25, -0.2) is 0 Å². The third kappa shape index (κ3) is 3.81. The van der Waals surface area contributed by atoms with Crippen LogP contribution in [-0.4, -0.2) is 30.4 Å². The average molecular weight is 356 g/mol. The van der Waals surface area contributed by atoms with Crippen LogP contribution in [-0.2, 0) is 4.79 Å². The number of hydrogen-bond donors (Lipinski definition) is 1. The summed E-state index contributed by atoms with van der Waals surface area (Å²) in [6.07, 6.45) is 5.99. The third-order valence-electron chi connectivity index (χ3n) is 3.16. The summed E-state index contributed by atoms with van der Waals surface area (Å²) in [5.74, 6) is -0.0588. The predicted octanol–water partition coefficient (Wildman–Crippen LogP) is 2.88. The molecule has 1 aromatic rings. The van der Waals surface area contributed by atoms with Crippen molar-refractivity contribution in [2.24, 2.45) is 0 Å². The fraction of sp³-hybridized carbons (Fsp3) is 0.357. The van der Waals surface area contributed by atoms with E-state index >= 15 is 0 Å². The van der Waals surface area contributed by atoms with Crippen molar-refractivity contribution in [1.29, 1.82) is 0 Å². The minimum atomic E-state index is -0.0588. The Labute approximate surface area is 121 Å². The van der Waals surface area contributed by atoms with E-state index in [1.807, 2.05) is 30.3 Å². The van der Waals surface area contributed by atoms with Crippen molar-refractivity contribution in [3.8, 4) is 0 Å². The van der Waals surface area contributed by atoms with E-state index < -0.39 is 0 Å². The first-order chi connectivity index (χ1) is 8.65. The van der Waals surface area contributed by atoms with Crippen molar-refractivity contribution in [1.82, 2.24) is 4.90 Å². The molecule has 0 saturated carbocycles. The highest BCUT2D eigenvalue weighted by molar-refractivity contribution is 14.1. The van der Waals surface area contributed by atoms with Crippen LogP contribution in [0.3, 0.4) is 0 Å². The van der Waals surface area contributed by atoms with Crippen LogP contribution < -0.4 is 5.32 Å². The second-order valence-electron chi connectivity index (χ2n) is 4.55. The van der Waals surface area contributed by atoms with Crippen LogP contribution in [0.25, 0.3) is 0 Å². The number of benzene rings is 1. The molecular weight excluding hydrogens is 339 g/mol. The Morgan fingerprint density at radius 2 is 2.17 bits per heavy atom. The molecule has 0 radical (unpaired) electrons. The zero-order valence-electron chi connectivity index (χ0n) is 10.4. The maximum Gasteiger partial charge on any atom is 0.248 e. The molecule has 0 spiro atoms. The van der Waals surface area contributed by atoms with Gasteiger partial charge < -0.3 is 5.32 Å². The molecule has 1 aliphatic heterocycles. The van der Waals surface area contributed by atoms with Crippen LogP contribution in [0.2, 0.25) is 0 Å². The van der Waals surface area contributed by atoms with Gasteiger partial charge in [0, 0.05) is 21.4 Å². The van der Waals surface area contributed by atoms with Crippen LogP contribution in [0, 0.1) is 3.57 Å². The molecule has 1 heterocycles. The lowest BCUT2D eigenvalue weighted by molar-refractivity contribution is -0.111. The zero-order chi connectivity index (χ0) is 13.0. The van der Waals surface area contributed by atoms with Gasteiger partial charge in [0.25, 0.3) is 0 Å². The molecule has 0 unspecified atom stereocenters. The van der Waals surface area contributed by atoms with Crippen molar-refractivity contribution >= 4 is 34.2 Å². The predicted molar refractivity (Wildman–Crippen MR) is 82.6 cm³/mol. The first-order valence-corrected chi connectivity index (χ1v) is 7.18. The fourth-order valence-electron chi connectivity index (χ4n) is 2.09. The lowest BCUT2D eigenvalue weighted by Crippen LogP contribution is -2.23. The number of hydrogen-bond acceptors (Lipinski definition) is 2. The van der Waals surface area contributed by atoms with E-state index in [0.717, 1.165) is 22.2 Å². The van der Waals surface area contributed by atoms with Gasteiger partial charge in [-0.2, -0.15) is 0 Å². The zero-order valence-corrected chi connectivity index (χ0v) is 12.6. The van der Waals surface area contributed by atoms with Crippen LogP contribution in [0.1, 0.15) is 12.8 Å². The molecule has 1 N–H and O–H groups in total. The first kappa shape index (κ1) is 13.5. The molecule has 18 heavy (non-hydrogen) atoms. The SMILES string of the molecule is CN1CCC[C@@H]1/C=C/C(=O)Nc1ccc(I)cc1. The quantitative estimate of drug-likeness (QED) is 0.667. The molecule has 1 aromatic carbocycles. The fourth-order valence-corrected chi connectivity index (χ4v) is 2.45. The summed E-state index contributed by atoms with van der Waals surface area (Å²) < 4.78 is 1.16. The molecule has 1 saturated heterocycles. The number of carbonyl (C=O) groups excluding carboxylic acids is 1. The summed E-state index contributed by atoms with van der Waals surface area (Å²) >= 11 is 2.24. The molecule has 1 amide bonds. The number of nitrogens with zero attached hydrogens (tertiary/aromatic N) is 1. The molecule has 96 valence electrons. The minimum absolute atomic E-state index is 0.0588. The second kappa shape index (κ2) is 6.33. The van der Waals surface area contributed by atoms with Gasteiger partial charge >= 0.3 is 0 Å². The van der Waals surface area contributed by atoms with E-state index in [9.17, 15) is 4.79 Å². The van der Waals surface area contributed by atoms with E-state index in [4.69, 9.17) is 0 Å². The summed E-state index contributed by atoms with van der Waals surface area (Å²) in [6, 6.07) is 8.19. The number of halogens is 1. The van der Waals surface area contributed by atoms with Gasteiger partial charge in [-0.15, -0.1) is 0 Å². The molecule has 1 fully saturated rings. The number of amides is 1. The van der Waals surface area contributed by atoms with Gasteiger partial charge in [0.1, 0.15) is 0 Å². The molecule has 4 heteroatoms. The van der Waals surface area contributed by atoms with Crippen molar-refractivity contribution in [2.45, 2.75) is 18.9 Å². The maximum absolute atomic E-state index is 11.7. The number of anilines is 1. The summed E-state index contributed by atoms with van der Waals surface area (Å²) in [4.78, 5) is 14.0. The Morgan fingerprint density at radius 3 is 2.78 bits per heavy atom. The van der Waals surface area contributed by atoms with Gasteiger partial charge in [0.15, 0.2) is 0 Å². The van der Waals surface area contributed by atoms with E-state index in [1.54, 1.807) is 6.08 Å². The maximum atomic E-state index is 11.7. The number of nitrogens with one attached hydrogen (secondary N) is 1. The third-order valence-corrected chi connectivity index (χ3v) is 3.88. The van der Waals surface area contributed by atoms with Crippen LogP contribution in [0.15, 0.2) is 36.4 Å². The second-order valence-corrected chi connectivity index (χ2v) is 5.79.